The van der Waals surface area contributed by atoms with Gasteiger partial charge in [-0.1, -0.05) is 39.7 Å². The number of fused-ring (bicyclic) bond motifs is 1. The summed E-state index contributed by atoms with van der Waals surface area (Å²) in [6.45, 7) is 0.929. The van der Waals surface area contributed by atoms with Crippen LogP contribution in [0.5, 0.6) is 5.75 Å². The zero-order valence-electron chi connectivity index (χ0n) is 14.4. The van der Waals surface area contributed by atoms with Crippen LogP contribution in [0.1, 0.15) is 18.4 Å². The number of aromatic nitrogens is 2. The fraction of sp³-hybridized carbons (Fsp3) is 0.250. The van der Waals surface area contributed by atoms with Crippen LogP contribution in [0.15, 0.2) is 46.9 Å². The number of nitrogens with zero attached hydrogens (tertiary/aromatic N) is 2. The van der Waals surface area contributed by atoms with Crippen molar-refractivity contribution >= 4 is 33.3 Å². The molecule has 134 valence electrons. The van der Waals surface area contributed by atoms with Crippen LogP contribution in [0.2, 0.25) is 5.02 Å². The van der Waals surface area contributed by atoms with Gasteiger partial charge in [0.2, 0.25) is 0 Å². The third kappa shape index (κ3) is 3.10. The lowest BCUT2D eigenvalue weighted by molar-refractivity contribution is 0.416. The molecule has 0 radical (unpaired) electrons. The zero-order valence-corrected chi connectivity index (χ0v) is 16.8. The standard InChI is InChI=1S/C20H19BrClN3O/c1-26-18-10-9-13(21)12-15(18)19-14-6-4-5-11-23-20(14)25(24-19)17-8-3-2-7-16(17)22/h2-3,7-10,12,23H,4-6,11H2,1H3. The molecule has 0 fully saturated rings. The van der Waals surface area contributed by atoms with E-state index in [2.05, 4.69) is 27.3 Å². The zero-order chi connectivity index (χ0) is 18.1. The number of hydrogen-bond donors (Lipinski definition) is 1. The fourth-order valence-corrected chi connectivity index (χ4v) is 3.96. The first kappa shape index (κ1) is 17.4. The Bertz CT molecular complexity index is 954. The smallest absolute Gasteiger partial charge is 0.133 e. The van der Waals surface area contributed by atoms with E-state index in [0.717, 1.165) is 58.8 Å². The molecule has 1 N–H and O–H groups in total. The SMILES string of the molecule is COc1ccc(Br)cc1-c1nn(-c2ccccc2Cl)c2c1CCCCN2. The number of ether oxygens (including phenoxy) is 1. The molecule has 1 aliphatic rings. The average Bonchev–Trinajstić information content (AvgIpc) is 2.83. The number of methoxy groups -OCH3 is 1. The summed E-state index contributed by atoms with van der Waals surface area (Å²) >= 11 is 10.0. The Morgan fingerprint density at radius 2 is 2.04 bits per heavy atom. The number of nitrogens with one attached hydrogen (secondary N) is 1. The van der Waals surface area contributed by atoms with Gasteiger partial charge in [-0.15, -0.1) is 0 Å². The van der Waals surface area contributed by atoms with Crippen molar-refractivity contribution in [3.05, 3.63) is 57.5 Å². The Labute approximate surface area is 166 Å². The number of anilines is 1. The van der Waals surface area contributed by atoms with Crippen molar-refractivity contribution in [3.8, 4) is 22.7 Å². The lowest BCUT2D eigenvalue weighted by Crippen LogP contribution is -2.07. The third-order valence-electron chi connectivity index (χ3n) is 4.63. The maximum absolute atomic E-state index is 6.46. The van der Waals surface area contributed by atoms with Gasteiger partial charge in [-0.25, -0.2) is 4.68 Å². The van der Waals surface area contributed by atoms with Gasteiger partial charge in [0.05, 0.1) is 17.8 Å². The summed E-state index contributed by atoms with van der Waals surface area (Å²) in [6.07, 6.45) is 3.22. The van der Waals surface area contributed by atoms with E-state index in [1.165, 1.54) is 5.56 Å². The molecular formula is C20H19BrClN3O. The molecule has 0 saturated heterocycles. The molecule has 0 saturated carbocycles. The van der Waals surface area contributed by atoms with Crippen LogP contribution in [-0.2, 0) is 6.42 Å². The maximum atomic E-state index is 6.46. The molecule has 1 aromatic heterocycles. The Kier molecular flexibility index (Phi) is 4.92. The number of halogens is 2. The molecule has 4 nitrogen and oxygen atoms in total. The summed E-state index contributed by atoms with van der Waals surface area (Å²) in [6, 6.07) is 13.8. The quantitative estimate of drug-likeness (QED) is 0.576. The van der Waals surface area contributed by atoms with E-state index in [1.807, 2.05) is 41.1 Å². The van der Waals surface area contributed by atoms with Crippen molar-refractivity contribution in [1.82, 2.24) is 9.78 Å². The Hall–Kier alpha value is -1.98. The van der Waals surface area contributed by atoms with E-state index < -0.39 is 0 Å². The van der Waals surface area contributed by atoms with Crippen molar-refractivity contribution in [2.75, 3.05) is 19.0 Å². The normalized spacial score (nSPS) is 13.7. The molecule has 3 aromatic rings. The van der Waals surface area contributed by atoms with Crippen molar-refractivity contribution in [1.29, 1.82) is 0 Å². The second-order valence-electron chi connectivity index (χ2n) is 6.27. The van der Waals surface area contributed by atoms with Gasteiger partial charge in [-0.2, -0.15) is 5.10 Å². The van der Waals surface area contributed by atoms with Crippen LogP contribution in [0.4, 0.5) is 5.82 Å². The highest BCUT2D eigenvalue weighted by Crippen LogP contribution is 2.39. The molecular weight excluding hydrogens is 414 g/mol. The first-order valence-corrected chi connectivity index (χ1v) is 9.80. The highest BCUT2D eigenvalue weighted by molar-refractivity contribution is 9.10. The van der Waals surface area contributed by atoms with Crippen molar-refractivity contribution in [3.63, 3.8) is 0 Å². The number of para-hydroxylation sites is 1. The molecule has 0 unspecified atom stereocenters. The van der Waals surface area contributed by atoms with E-state index in [1.54, 1.807) is 7.11 Å². The van der Waals surface area contributed by atoms with Gasteiger partial charge in [-0.3, -0.25) is 0 Å². The molecule has 0 aliphatic carbocycles. The fourth-order valence-electron chi connectivity index (χ4n) is 3.38. The summed E-state index contributed by atoms with van der Waals surface area (Å²) in [5.41, 5.74) is 4.00. The van der Waals surface area contributed by atoms with Crippen molar-refractivity contribution < 1.29 is 4.74 Å². The molecule has 0 atom stereocenters. The molecule has 0 spiro atoms. The number of rotatable bonds is 3. The van der Waals surface area contributed by atoms with Gasteiger partial charge in [0.1, 0.15) is 17.3 Å². The topological polar surface area (TPSA) is 39.1 Å². The predicted molar refractivity (Wildman–Crippen MR) is 110 cm³/mol. The minimum Gasteiger partial charge on any atom is -0.496 e. The van der Waals surface area contributed by atoms with Crippen molar-refractivity contribution in [2.24, 2.45) is 0 Å². The van der Waals surface area contributed by atoms with Gasteiger partial charge in [0.15, 0.2) is 0 Å². The first-order chi connectivity index (χ1) is 12.7. The van der Waals surface area contributed by atoms with Crippen LogP contribution < -0.4 is 10.1 Å². The highest BCUT2D eigenvalue weighted by atomic mass is 79.9. The van der Waals surface area contributed by atoms with Gasteiger partial charge in [-0.05, 0) is 49.6 Å². The second kappa shape index (κ2) is 7.33. The van der Waals surface area contributed by atoms with Gasteiger partial charge >= 0.3 is 0 Å². The minimum absolute atomic E-state index is 0.677. The Balaban J connectivity index is 1.97. The van der Waals surface area contributed by atoms with Gasteiger partial charge < -0.3 is 10.1 Å². The number of benzene rings is 2. The predicted octanol–water partition coefficient (Wildman–Crippen LogP) is 5.71. The van der Waals surface area contributed by atoms with Crippen molar-refractivity contribution in [2.45, 2.75) is 19.3 Å². The maximum Gasteiger partial charge on any atom is 0.133 e. The van der Waals surface area contributed by atoms with Gasteiger partial charge in [0, 0.05) is 22.1 Å². The highest BCUT2D eigenvalue weighted by Gasteiger charge is 2.24. The van der Waals surface area contributed by atoms with E-state index >= 15 is 0 Å². The second-order valence-corrected chi connectivity index (χ2v) is 7.59. The van der Waals surface area contributed by atoms with Gasteiger partial charge in [0.25, 0.3) is 0 Å². The summed E-state index contributed by atoms with van der Waals surface area (Å²) < 4.78 is 8.52. The molecule has 0 bridgehead atoms. The van der Waals surface area contributed by atoms with Crippen LogP contribution >= 0.6 is 27.5 Å². The third-order valence-corrected chi connectivity index (χ3v) is 5.44. The molecule has 26 heavy (non-hydrogen) atoms. The molecule has 6 heteroatoms. The monoisotopic (exact) mass is 431 g/mol. The number of hydrogen-bond acceptors (Lipinski definition) is 3. The van der Waals surface area contributed by atoms with E-state index in [4.69, 9.17) is 21.4 Å². The molecule has 1 aliphatic heterocycles. The largest absolute Gasteiger partial charge is 0.496 e. The van der Waals surface area contributed by atoms with Crippen LogP contribution in [0.3, 0.4) is 0 Å². The Morgan fingerprint density at radius 3 is 2.85 bits per heavy atom. The first-order valence-electron chi connectivity index (χ1n) is 8.63. The van der Waals surface area contributed by atoms with Crippen LogP contribution in [-0.4, -0.2) is 23.4 Å². The lowest BCUT2D eigenvalue weighted by atomic mass is 10.0. The Morgan fingerprint density at radius 1 is 1.19 bits per heavy atom. The van der Waals surface area contributed by atoms with Crippen LogP contribution in [0.25, 0.3) is 16.9 Å². The lowest BCUT2D eigenvalue weighted by Gasteiger charge is -2.10. The molecule has 2 heterocycles. The summed E-state index contributed by atoms with van der Waals surface area (Å²) in [7, 11) is 1.69. The molecule has 2 aromatic carbocycles. The molecule has 0 amide bonds. The van der Waals surface area contributed by atoms with Crippen LogP contribution in [0, 0.1) is 0 Å². The minimum atomic E-state index is 0.677. The average molecular weight is 433 g/mol. The van der Waals surface area contributed by atoms with E-state index in [9.17, 15) is 0 Å². The summed E-state index contributed by atoms with van der Waals surface area (Å²) in [5, 5.41) is 9.18. The van der Waals surface area contributed by atoms with E-state index in [0.29, 0.717) is 5.02 Å². The molecule has 4 rings (SSSR count). The summed E-state index contributed by atoms with van der Waals surface area (Å²) in [5.74, 6) is 1.83. The summed E-state index contributed by atoms with van der Waals surface area (Å²) in [4.78, 5) is 0. The van der Waals surface area contributed by atoms with E-state index in [-0.39, 0.29) is 0 Å².